The van der Waals surface area contributed by atoms with E-state index < -0.39 is 0 Å². The Kier molecular flexibility index (Phi) is 3.76. The number of nitrogens with one attached hydrogen (secondary N) is 2. The third-order valence-electron chi connectivity index (χ3n) is 7.21. The molecule has 0 radical (unpaired) electrons. The number of pyridine rings is 1. The van der Waals surface area contributed by atoms with Crippen LogP contribution in [0.3, 0.4) is 0 Å². The van der Waals surface area contributed by atoms with Crippen LogP contribution in [0.1, 0.15) is 59.2 Å². The van der Waals surface area contributed by atoms with Gasteiger partial charge in [0.25, 0.3) is 0 Å². The fourth-order valence-corrected chi connectivity index (χ4v) is 6.95. The van der Waals surface area contributed by atoms with E-state index in [1.165, 1.54) is 55.8 Å². The van der Waals surface area contributed by atoms with Gasteiger partial charge in [-0.1, -0.05) is 19.9 Å². The Labute approximate surface area is 180 Å². The van der Waals surface area contributed by atoms with Crippen LogP contribution in [0.5, 0.6) is 0 Å². The summed E-state index contributed by atoms with van der Waals surface area (Å²) in [6, 6.07) is 0. The number of fused-ring (bicyclic) bond motifs is 3. The Balaban J connectivity index is 1.56. The molecule has 0 unspecified atom stereocenters. The summed E-state index contributed by atoms with van der Waals surface area (Å²) < 4.78 is 1.91. The van der Waals surface area contributed by atoms with Gasteiger partial charge in [-0.15, -0.1) is 11.3 Å². The van der Waals surface area contributed by atoms with Crippen LogP contribution in [0.4, 0.5) is 0 Å². The third-order valence-corrected chi connectivity index (χ3v) is 8.55. The minimum absolute atomic E-state index is 0.434. The number of piperidine rings is 1. The number of hydrogen-bond acceptors (Lipinski definition) is 4. The molecule has 0 saturated carbocycles. The standard InChI is InChI=1S/C24H27N5S/c1-11(2)19-20-14(5)22(17-7-16-6-15(17)8-25-16)30-24(20)28-21(19)18-9-29-23(26-10-27-29)13(4)12(18)3/h6,9-11,15,17,25,28H,7-8H2,1-5H3/t15-,17-/m0/s1. The number of aromatic amines is 1. The topological polar surface area (TPSA) is 58.0 Å². The highest BCUT2D eigenvalue weighted by atomic mass is 32.1. The molecule has 5 nitrogen and oxygen atoms in total. The molecule has 154 valence electrons. The van der Waals surface area contributed by atoms with Crippen molar-refractivity contribution in [2.45, 2.75) is 52.9 Å². The van der Waals surface area contributed by atoms with Crippen LogP contribution < -0.4 is 5.32 Å². The van der Waals surface area contributed by atoms with Crippen molar-refractivity contribution >= 4 is 27.2 Å². The van der Waals surface area contributed by atoms with Crippen LogP contribution in [0.25, 0.3) is 27.1 Å². The summed E-state index contributed by atoms with van der Waals surface area (Å²) in [5, 5.41) is 9.38. The van der Waals surface area contributed by atoms with Crippen LogP contribution in [-0.2, 0) is 0 Å². The lowest BCUT2D eigenvalue weighted by atomic mass is 9.88. The second kappa shape index (κ2) is 6.20. The zero-order valence-electron chi connectivity index (χ0n) is 18.1. The summed E-state index contributed by atoms with van der Waals surface area (Å²) in [4.78, 5) is 11.2. The molecule has 2 N–H and O–H groups in total. The first-order chi connectivity index (χ1) is 14.4. The molecule has 6 heteroatoms. The Hall–Kier alpha value is -2.60. The highest BCUT2D eigenvalue weighted by Crippen LogP contribution is 2.50. The Bertz CT molecular complexity index is 1350. The van der Waals surface area contributed by atoms with Crippen molar-refractivity contribution in [2.24, 2.45) is 5.92 Å². The van der Waals surface area contributed by atoms with E-state index in [2.05, 4.69) is 67.3 Å². The second-order valence-corrected chi connectivity index (χ2v) is 10.3. The molecule has 2 aliphatic rings. The number of allylic oxidation sites excluding steroid dienone is 1. The van der Waals surface area contributed by atoms with Gasteiger partial charge >= 0.3 is 0 Å². The molecular formula is C24H27N5S. The number of aromatic nitrogens is 4. The summed E-state index contributed by atoms with van der Waals surface area (Å²) >= 11 is 1.97. The monoisotopic (exact) mass is 417 g/mol. The molecular weight excluding hydrogens is 390 g/mol. The van der Waals surface area contributed by atoms with Crippen molar-refractivity contribution in [3.8, 4) is 11.3 Å². The molecule has 0 spiro atoms. The number of thiophene rings is 1. The van der Waals surface area contributed by atoms with E-state index in [-0.39, 0.29) is 0 Å². The minimum Gasteiger partial charge on any atom is -0.388 e. The van der Waals surface area contributed by atoms with Crippen molar-refractivity contribution in [2.75, 3.05) is 6.54 Å². The van der Waals surface area contributed by atoms with Gasteiger partial charge in [0.2, 0.25) is 0 Å². The van der Waals surface area contributed by atoms with Gasteiger partial charge in [0, 0.05) is 46.1 Å². The predicted octanol–water partition coefficient (Wildman–Crippen LogP) is 5.58. The van der Waals surface area contributed by atoms with E-state index >= 15 is 0 Å². The second-order valence-electron chi connectivity index (χ2n) is 9.23. The summed E-state index contributed by atoms with van der Waals surface area (Å²) in [5.74, 6) is 1.73. The smallest absolute Gasteiger partial charge is 0.158 e. The van der Waals surface area contributed by atoms with Crippen molar-refractivity contribution in [1.29, 1.82) is 0 Å². The van der Waals surface area contributed by atoms with Gasteiger partial charge in [-0.2, -0.15) is 5.10 Å². The Morgan fingerprint density at radius 1 is 1.17 bits per heavy atom. The molecule has 4 aromatic heterocycles. The lowest BCUT2D eigenvalue weighted by molar-refractivity contribution is 0.486. The van der Waals surface area contributed by atoms with Crippen LogP contribution in [0, 0.1) is 26.7 Å². The highest BCUT2D eigenvalue weighted by molar-refractivity contribution is 7.19. The van der Waals surface area contributed by atoms with E-state index in [9.17, 15) is 0 Å². The fraction of sp³-hybridized carbons (Fsp3) is 0.417. The van der Waals surface area contributed by atoms with Gasteiger partial charge in [0.05, 0.1) is 5.69 Å². The fourth-order valence-electron chi connectivity index (χ4n) is 5.55. The lowest BCUT2D eigenvalue weighted by Crippen LogP contribution is -2.24. The number of nitrogens with zero attached hydrogens (tertiary/aromatic N) is 3. The number of aryl methyl sites for hydroxylation is 2. The number of hydrogen-bond donors (Lipinski definition) is 2. The molecule has 6 rings (SSSR count). The van der Waals surface area contributed by atoms with Gasteiger partial charge in [-0.05, 0) is 55.4 Å². The van der Waals surface area contributed by atoms with E-state index in [1.54, 1.807) is 11.2 Å². The van der Waals surface area contributed by atoms with Gasteiger partial charge < -0.3 is 10.3 Å². The van der Waals surface area contributed by atoms with Crippen LogP contribution in [0.2, 0.25) is 0 Å². The SMILES string of the molecule is Cc1c(-c2[nH]c3sc([C@H]4CC5=C[C@H]4CN5)c(C)c3c2C(C)C)cn2ncnc2c1C. The minimum atomic E-state index is 0.434. The van der Waals surface area contributed by atoms with E-state index in [0.29, 0.717) is 17.8 Å². The highest BCUT2D eigenvalue weighted by Gasteiger charge is 2.36. The van der Waals surface area contributed by atoms with E-state index in [4.69, 9.17) is 0 Å². The first-order valence-electron chi connectivity index (χ1n) is 10.8. The first-order valence-corrected chi connectivity index (χ1v) is 11.6. The molecule has 0 saturated heterocycles. The summed E-state index contributed by atoms with van der Waals surface area (Å²) in [7, 11) is 0. The molecule has 0 amide bonds. The predicted molar refractivity (Wildman–Crippen MR) is 123 cm³/mol. The molecule has 0 aromatic carbocycles. The zero-order chi connectivity index (χ0) is 20.7. The Morgan fingerprint density at radius 2 is 2.00 bits per heavy atom. The number of rotatable bonds is 3. The molecule has 2 bridgehead atoms. The van der Waals surface area contributed by atoms with E-state index in [1.807, 2.05) is 15.9 Å². The quantitative estimate of drug-likeness (QED) is 0.458. The van der Waals surface area contributed by atoms with Crippen LogP contribution >= 0.6 is 11.3 Å². The van der Waals surface area contributed by atoms with Gasteiger partial charge in [-0.25, -0.2) is 9.50 Å². The molecule has 5 heterocycles. The maximum Gasteiger partial charge on any atom is 0.158 e. The van der Waals surface area contributed by atoms with Crippen molar-refractivity contribution in [3.05, 3.63) is 51.4 Å². The summed E-state index contributed by atoms with van der Waals surface area (Å²) in [6.45, 7) is 12.4. The molecule has 2 atom stereocenters. The molecule has 1 aliphatic carbocycles. The summed E-state index contributed by atoms with van der Waals surface area (Å²) in [5.41, 5.74) is 10.2. The van der Waals surface area contributed by atoms with Gasteiger partial charge in [0.1, 0.15) is 11.2 Å². The van der Waals surface area contributed by atoms with Crippen molar-refractivity contribution in [1.82, 2.24) is 24.9 Å². The van der Waals surface area contributed by atoms with Crippen molar-refractivity contribution in [3.63, 3.8) is 0 Å². The van der Waals surface area contributed by atoms with Crippen LogP contribution in [-0.4, -0.2) is 26.1 Å². The lowest BCUT2D eigenvalue weighted by Gasteiger charge is -2.23. The molecule has 4 aromatic rings. The summed E-state index contributed by atoms with van der Waals surface area (Å²) in [6.07, 6.45) is 7.39. The largest absolute Gasteiger partial charge is 0.388 e. The van der Waals surface area contributed by atoms with Crippen LogP contribution in [0.15, 0.2) is 24.3 Å². The molecule has 0 fully saturated rings. The Morgan fingerprint density at radius 3 is 2.70 bits per heavy atom. The van der Waals surface area contributed by atoms with Crippen molar-refractivity contribution < 1.29 is 0 Å². The zero-order valence-corrected chi connectivity index (χ0v) is 18.9. The molecule has 1 aliphatic heterocycles. The maximum absolute atomic E-state index is 4.43. The van der Waals surface area contributed by atoms with E-state index in [0.717, 1.165) is 12.2 Å². The maximum atomic E-state index is 4.43. The average Bonchev–Trinajstić information content (AvgIpc) is 3.50. The average molecular weight is 418 g/mol. The normalized spacial score (nSPS) is 20.7. The first kappa shape index (κ1) is 18.2. The third kappa shape index (κ3) is 2.34. The molecule has 30 heavy (non-hydrogen) atoms. The number of H-pyrrole nitrogens is 1. The van der Waals surface area contributed by atoms with Gasteiger partial charge in [0.15, 0.2) is 5.65 Å². The van der Waals surface area contributed by atoms with Gasteiger partial charge in [-0.3, -0.25) is 0 Å².